The number of carbonyl (C=O) groups is 2. The van der Waals surface area contributed by atoms with E-state index in [2.05, 4.69) is 38.2 Å². The number of esters is 1. The van der Waals surface area contributed by atoms with Crippen molar-refractivity contribution in [1.82, 2.24) is 5.32 Å². The molecule has 0 fully saturated rings. The molecule has 0 spiro atoms. The molecule has 0 aromatic carbocycles. The minimum Gasteiger partial charge on any atom is -0.456 e. The van der Waals surface area contributed by atoms with E-state index in [1.54, 1.807) is 0 Å². The fourth-order valence-electron chi connectivity index (χ4n) is 8.94. The van der Waals surface area contributed by atoms with Crippen LogP contribution >= 0.6 is 7.82 Å². The van der Waals surface area contributed by atoms with E-state index >= 15 is 0 Å². The molecule has 0 aromatic rings. The lowest BCUT2D eigenvalue weighted by atomic mass is 10.0. The Labute approximate surface area is 434 Å². The van der Waals surface area contributed by atoms with Crippen molar-refractivity contribution in [2.45, 2.75) is 309 Å². The minimum atomic E-state index is -4.44. The molecule has 0 saturated heterocycles. The Bertz CT molecular complexity index is 1250. The average Bonchev–Trinajstić information content (AvgIpc) is 3.32. The predicted molar refractivity (Wildman–Crippen MR) is 300 cm³/mol. The van der Waals surface area contributed by atoms with E-state index in [1.165, 1.54) is 205 Å². The van der Waals surface area contributed by atoms with Gasteiger partial charge in [0.1, 0.15) is 19.3 Å². The molecule has 0 saturated carbocycles. The number of ether oxygens (including phenoxy) is 1. The lowest BCUT2D eigenvalue weighted by Crippen LogP contribution is -2.47. The average molecular weight is 1010 g/mol. The summed E-state index contributed by atoms with van der Waals surface area (Å²) >= 11 is 0. The Morgan fingerprint density at radius 2 is 0.829 bits per heavy atom. The van der Waals surface area contributed by atoms with Crippen LogP contribution in [0.2, 0.25) is 0 Å². The van der Waals surface area contributed by atoms with E-state index in [0.717, 1.165) is 57.8 Å². The van der Waals surface area contributed by atoms with Crippen LogP contribution in [0.25, 0.3) is 0 Å². The summed E-state index contributed by atoms with van der Waals surface area (Å²) in [5.41, 5.74) is 0. The number of likely N-dealkylation sites (N-methyl/N-ethyl adjacent to an activating group) is 1. The molecule has 0 bridgehead atoms. The van der Waals surface area contributed by atoms with Gasteiger partial charge in [-0.2, -0.15) is 0 Å². The molecule has 3 unspecified atom stereocenters. The first-order valence-corrected chi connectivity index (χ1v) is 31.7. The quantitative estimate of drug-likeness (QED) is 0.0205. The number of carbonyl (C=O) groups excluding carboxylic acids is 2. The van der Waals surface area contributed by atoms with Crippen molar-refractivity contribution in [2.75, 3.05) is 40.9 Å². The molecular weight excluding hydrogens is 892 g/mol. The molecule has 0 rings (SSSR count). The lowest BCUT2D eigenvalue weighted by molar-refractivity contribution is -0.870. The molecule has 0 aromatic heterocycles. The summed E-state index contributed by atoms with van der Waals surface area (Å²) in [7, 11) is 1.51. The van der Waals surface area contributed by atoms with Gasteiger partial charge in [0.25, 0.3) is 0 Å². The number of unbranched alkanes of at least 4 members (excludes halogenated alkanes) is 37. The highest BCUT2D eigenvalue weighted by Gasteiger charge is 2.30. The summed E-state index contributed by atoms with van der Waals surface area (Å²) in [5.74, 6) is -0.494. The summed E-state index contributed by atoms with van der Waals surface area (Å²) in [6.07, 6.45) is 58.8. The van der Waals surface area contributed by atoms with Gasteiger partial charge in [-0.3, -0.25) is 18.6 Å². The predicted octanol–water partition coefficient (Wildman–Crippen LogP) is 18.2. The molecular formula is C60H118N2O7P+. The van der Waals surface area contributed by atoms with E-state index in [0.29, 0.717) is 23.9 Å². The van der Waals surface area contributed by atoms with Gasteiger partial charge in [0, 0.05) is 12.8 Å². The number of allylic oxidation sites excluding steroid dienone is 3. The molecule has 3 atom stereocenters. The summed E-state index contributed by atoms with van der Waals surface area (Å²) in [6.45, 7) is 7.03. The SMILES string of the molecule is CCCCCCCC/C=C/CCCCCCCCCCCC(=O)OC(/C=C/CCCCCCCCCCC)C(COP(=O)(O)OCC[N+](C)(C)C)NC(=O)CCCCCCCCCCCCCCCC. The second-order valence-electron chi connectivity index (χ2n) is 21.9. The maximum absolute atomic E-state index is 13.5. The van der Waals surface area contributed by atoms with Crippen molar-refractivity contribution < 1.29 is 37.3 Å². The van der Waals surface area contributed by atoms with Gasteiger partial charge < -0.3 is 19.4 Å². The Kier molecular flexibility index (Phi) is 49.9. The maximum Gasteiger partial charge on any atom is 0.472 e. The van der Waals surface area contributed by atoms with E-state index < -0.39 is 20.0 Å². The molecule has 9 nitrogen and oxygen atoms in total. The Hall–Kier alpha value is -1.51. The fraction of sp³-hybridized carbons (Fsp3) is 0.900. The molecule has 1 amide bonds. The first-order valence-electron chi connectivity index (χ1n) is 30.2. The maximum atomic E-state index is 13.5. The van der Waals surface area contributed by atoms with Crippen LogP contribution in [-0.4, -0.2) is 74.3 Å². The molecule has 0 aliphatic heterocycles. The number of hydrogen-bond donors (Lipinski definition) is 2. The Morgan fingerprint density at radius 1 is 0.486 bits per heavy atom. The van der Waals surface area contributed by atoms with Crippen molar-refractivity contribution in [3.63, 3.8) is 0 Å². The third-order valence-corrected chi connectivity index (χ3v) is 14.6. The van der Waals surface area contributed by atoms with Crippen molar-refractivity contribution >= 4 is 19.7 Å². The number of phosphoric ester groups is 1. The zero-order valence-corrected chi connectivity index (χ0v) is 48.2. The van der Waals surface area contributed by atoms with Gasteiger partial charge in [0.15, 0.2) is 0 Å². The summed E-state index contributed by atoms with van der Waals surface area (Å²) in [5, 5.41) is 3.05. The number of quaternary nitrogens is 1. The molecule has 70 heavy (non-hydrogen) atoms. The van der Waals surface area contributed by atoms with Gasteiger partial charge >= 0.3 is 13.8 Å². The van der Waals surface area contributed by atoms with Gasteiger partial charge in [-0.05, 0) is 57.4 Å². The van der Waals surface area contributed by atoms with Crippen LogP contribution in [-0.2, 0) is 27.9 Å². The number of nitrogens with one attached hydrogen (secondary N) is 1. The first-order chi connectivity index (χ1) is 33.9. The van der Waals surface area contributed by atoms with E-state index in [4.69, 9.17) is 13.8 Å². The van der Waals surface area contributed by atoms with E-state index in [9.17, 15) is 19.0 Å². The lowest BCUT2D eigenvalue weighted by Gasteiger charge is -2.27. The van der Waals surface area contributed by atoms with Crippen molar-refractivity contribution in [3.8, 4) is 0 Å². The molecule has 2 N–H and O–H groups in total. The Morgan fingerprint density at radius 3 is 1.21 bits per heavy atom. The Balaban J connectivity index is 5.21. The van der Waals surface area contributed by atoms with Gasteiger partial charge in [-0.25, -0.2) is 4.57 Å². The summed E-state index contributed by atoms with van der Waals surface area (Å²) < 4.78 is 30.6. The number of nitrogens with zero attached hydrogens (tertiary/aromatic N) is 1. The molecule has 414 valence electrons. The van der Waals surface area contributed by atoms with Crippen molar-refractivity contribution in [2.24, 2.45) is 0 Å². The topological polar surface area (TPSA) is 111 Å². The van der Waals surface area contributed by atoms with E-state index in [1.807, 2.05) is 33.3 Å². The number of amides is 1. The van der Waals surface area contributed by atoms with Gasteiger partial charge in [0.2, 0.25) is 5.91 Å². The van der Waals surface area contributed by atoms with Gasteiger partial charge in [-0.1, -0.05) is 251 Å². The second kappa shape index (κ2) is 51.0. The molecule has 10 heteroatoms. The molecule has 0 aliphatic rings. The van der Waals surface area contributed by atoms with Gasteiger partial charge in [0.05, 0.1) is 33.8 Å². The fourth-order valence-corrected chi connectivity index (χ4v) is 9.67. The van der Waals surface area contributed by atoms with Crippen LogP contribution in [0.1, 0.15) is 297 Å². The highest BCUT2D eigenvalue weighted by atomic mass is 31.2. The van der Waals surface area contributed by atoms with E-state index in [-0.39, 0.29) is 25.1 Å². The molecule has 0 heterocycles. The zero-order valence-electron chi connectivity index (χ0n) is 47.3. The number of phosphoric acid groups is 1. The summed E-state index contributed by atoms with van der Waals surface area (Å²) in [6, 6.07) is -0.842. The summed E-state index contributed by atoms with van der Waals surface area (Å²) in [4.78, 5) is 37.6. The van der Waals surface area contributed by atoms with Crippen LogP contribution in [0.15, 0.2) is 24.3 Å². The second-order valence-corrected chi connectivity index (χ2v) is 23.3. The van der Waals surface area contributed by atoms with Crippen LogP contribution in [0.4, 0.5) is 0 Å². The third-order valence-electron chi connectivity index (χ3n) is 13.6. The normalized spacial score (nSPS) is 13.9. The third kappa shape index (κ3) is 51.4. The standard InChI is InChI=1S/C60H117N2O7P/c1-7-10-13-16-19-22-25-27-29-30-31-32-33-35-38-41-44-47-50-53-60(64)69-58(51-48-45-42-39-36-24-21-18-15-12-9-3)57(56-68-70(65,66)67-55-54-62(4,5)6)61-59(63)52-49-46-43-40-37-34-28-26-23-20-17-14-11-8-2/h27,29,48,51,57-58H,7-26,28,30-47,49-50,52-56H2,1-6H3,(H-,61,63,65,66)/p+1/b29-27+,51-48+. The van der Waals surface area contributed by atoms with Crippen LogP contribution in [0, 0.1) is 0 Å². The minimum absolute atomic E-state index is 0.0434. The highest BCUT2D eigenvalue weighted by molar-refractivity contribution is 7.47. The first kappa shape index (κ1) is 68.5. The number of rotatable bonds is 55. The number of hydrogen-bond acceptors (Lipinski definition) is 6. The van der Waals surface area contributed by atoms with Crippen LogP contribution in [0.3, 0.4) is 0 Å². The highest BCUT2D eigenvalue weighted by Crippen LogP contribution is 2.43. The van der Waals surface area contributed by atoms with Crippen LogP contribution in [0.5, 0.6) is 0 Å². The largest absolute Gasteiger partial charge is 0.472 e. The van der Waals surface area contributed by atoms with Crippen LogP contribution < -0.4 is 5.32 Å². The monoisotopic (exact) mass is 1010 g/mol. The molecule has 0 aliphatic carbocycles. The smallest absolute Gasteiger partial charge is 0.456 e. The molecule has 0 radical (unpaired) electrons. The van der Waals surface area contributed by atoms with Crippen molar-refractivity contribution in [3.05, 3.63) is 24.3 Å². The van der Waals surface area contributed by atoms with Crippen molar-refractivity contribution in [1.29, 1.82) is 0 Å². The zero-order chi connectivity index (χ0) is 51.5. The van der Waals surface area contributed by atoms with Gasteiger partial charge in [-0.15, -0.1) is 0 Å².